The summed E-state index contributed by atoms with van der Waals surface area (Å²) in [7, 11) is 0. The molecule has 142 valence electrons. The largest absolute Gasteiger partial charge is 0.390 e. The number of hydrogen-bond donors (Lipinski definition) is 2. The van der Waals surface area contributed by atoms with E-state index >= 15 is 0 Å². The van der Waals surface area contributed by atoms with Gasteiger partial charge in [0.25, 0.3) is 5.91 Å². The van der Waals surface area contributed by atoms with Crippen LogP contribution in [0.3, 0.4) is 0 Å². The summed E-state index contributed by atoms with van der Waals surface area (Å²) in [6.45, 7) is 8.05. The third-order valence-corrected chi connectivity index (χ3v) is 4.70. The van der Waals surface area contributed by atoms with E-state index < -0.39 is 6.10 Å². The number of nitrogens with one attached hydrogen (secondary N) is 1. The number of amides is 1. The molecule has 0 radical (unpaired) electrons. The molecule has 0 spiro atoms. The number of pyridine rings is 1. The van der Waals surface area contributed by atoms with Gasteiger partial charge in [-0.05, 0) is 37.9 Å². The Labute approximate surface area is 154 Å². The Hall–Kier alpha value is -1.99. The van der Waals surface area contributed by atoms with Crippen LogP contribution in [0.5, 0.6) is 0 Å². The standard InChI is InChI=1S/C19H29N5O2/c1-14(2)11-24-13-22-17-8-15(9-20-18(17)24)19(26)21-10-16(25)12-23-6-4-3-5-7-23/h8-9,13-14,16,25H,3-7,10-12H2,1-2H3,(H,21,26). The lowest BCUT2D eigenvalue weighted by Gasteiger charge is -2.28. The smallest absolute Gasteiger partial charge is 0.253 e. The predicted octanol–water partition coefficient (Wildman–Crippen LogP) is 1.66. The number of aromatic nitrogens is 3. The van der Waals surface area contributed by atoms with Gasteiger partial charge in [0.1, 0.15) is 5.52 Å². The van der Waals surface area contributed by atoms with Crippen molar-refractivity contribution in [1.82, 2.24) is 24.8 Å². The summed E-state index contributed by atoms with van der Waals surface area (Å²) in [6, 6.07) is 1.76. The first kappa shape index (κ1) is 18.8. The van der Waals surface area contributed by atoms with Crippen LogP contribution in [-0.2, 0) is 6.54 Å². The van der Waals surface area contributed by atoms with Crippen molar-refractivity contribution in [2.24, 2.45) is 5.92 Å². The summed E-state index contributed by atoms with van der Waals surface area (Å²) in [5.41, 5.74) is 1.98. The Morgan fingerprint density at radius 2 is 2.00 bits per heavy atom. The molecule has 0 saturated carbocycles. The molecule has 3 rings (SSSR count). The Morgan fingerprint density at radius 3 is 2.73 bits per heavy atom. The predicted molar refractivity (Wildman–Crippen MR) is 101 cm³/mol. The highest BCUT2D eigenvalue weighted by Crippen LogP contribution is 2.14. The molecule has 3 heterocycles. The summed E-state index contributed by atoms with van der Waals surface area (Å²) in [4.78, 5) is 23.4. The normalized spacial score (nSPS) is 16.9. The second kappa shape index (κ2) is 8.60. The van der Waals surface area contributed by atoms with Crippen molar-refractivity contribution < 1.29 is 9.90 Å². The molecule has 1 amide bonds. The number of likely N-dealkylation sites (tertiary alicyclic amines) is 1. The molecule has 7 nitrogen and oxygen atoms in total. The zero-order valence-corrected chi connectivity index (χ0v) is 15.7. The Kier molecular flexibility index (Phi) is 6.21. The molecule has 0 bridgehead atoms. The van der Waals surface area contributed by atoms with Crippen LogP contribution >= 0.6 is 0 Å². The second-order valence-electron chi connectivity index (χ2n) is 7.58. The van der Waals surface area contributed by atoms with E-state index in [1.165, 1.54) is 19.3 Å². The first-order valence-electron chi connectivity index (χ1n) is 9.52. The molecule has 1 atom stereocenters. The first-order valence-corrected chi connectivity index (χ1v) is 9.52. The van der Waals surface area contributed by atoms with E-state index in [0.29, 0.717) is 23.5 Å². The SMILES string of the molecule is CC(C)Cn1cnc2cc(C(=O)NCC(O)CN3CCCCC3)cnc21. The maximum absolute atomic E-state index is 12.4. The van der Waals surface area contributed by atoms with Crippen LogP contribution in [0.4, 0.5) is 0 Å². The van der Waals surface area contributed by atoms with E-state index in [2.05, 4.69) is 34.0 Å². The van der Waals surface area contributed by atoms with Crippen LogP contribution in [0, 0.1) is 5.92 Å². The number of piperidine rings is 1. The summed E-state index contributed by atoms with van der Waals surface area (Å²) >= 11 is 0. The molecule has 0 aromatic carbocycles. The molecule has 2 aromatic heterocycles. The van der Waals surface area contributed by atoms with Gasteiger partial charge in [-0.15, -0.1) is 0 Å². The minimum Gasteiger partial charge on any atom is -0.390 e. The van der Waals surface area contributed by atoms with Gasteiger partial charge in [-0.2, -0.15) is 0 Å². The molecule has 1 unspecified atom stereocenters. The molecule has 7 heteroatoms. The van der Waals surface area contributed by atoms with Gasteiger partial charge in [-0.25, -0.2) is 9.97 Å². The third kappa shape index (κ3) is 4.80. The number of hydrogen-bond acceptors (Lipinski definition) is 5. The van der Waals surface area contributed by atoms with Gasteiger partial charge < -0.3 is 19.9 Å². The van der Waals surface area contributed by atoms with E-state index in [1.54, 1.807) is 18.6 Å². The average Bonchev–Trinajstić information content (AvgIpc) is 3.02. The highest BCUT2D eigenvalue weighted by atomic mass is 16.3. The number of β-amino-alcohol motifs (C(OH)–C–C–N with tert-alkyl or cyclic N) is 1. The van der Waals surface area contributed by atoms with Crippen LogP contribution in [0.2, 0.25) is 0 Å². The molecular weight excluding hydrogens is 330 g/mol. The monoisotopic (exact) mass is 359 g/mol. The van der Waals surface area contributed by atoms with Gasteiger partial charge in [-0.3, -0.25) is 4.79 Å². The second-order valence-corrected chi connectivity index (χ2v) is 7.58. The fraction of sp³-hybridized carbons (Fsp3) is 0.632. The lowest BCUT2D eigenvalue weighted by molar-refractivity contribution is 0.0830. The topological polar surface area (TPSA) is 83.3 Å². The zero-order valence-electron chi connectivity index (χ0n) is 15.7. The molecule has 1 aliphatic rings. The number of aliphatic hydroxyl groups is 1. The Bertz CT molecular complexity index is 737. The minimum atomic E-state index is -0.556. The van der Waals surface area contributed by atoms with Gasteiger partial charge in [0.05, 0.1) is 18.0 Å². The highest BCUT2D eigenvalue weighted by molar-refractivity contribution is 5.96. The van der Waals surface area contributed by atoms with Gasteiger partial charge in [0, 0.05) is 25.8 Å². The van der Waals surface area contributed by atoms with Crippen LogP contribution in [0.1, 0.15) is 43.5 Å². The van der Waals surface area contributed by atoms with Gasteiger partial charge in [0.15, 0.2) is 5.65 Å². The van der Waals surface area contributed by atoms with Crippen LogP contribution in [0.25, 0.3) is 11.2 Å². The average molecular weight is 359 g/mol. The fourth-order valence-corrected chi connectivity index (χ4v) is 3.42. The first-order chi connectivity index (χ1) is 12.5. The Morgan fingerprint density at radius 1 is 1.23 bits per heavy atom. The van der Waals surface area contributed by atoms with Gasteiger partial charge >= 0.3 is 0 Å². The maximum atomic E-state index is 12.4. The molecule has 1 fully saturated rings. The third-order valence-electron chi connectivity index (χ3n) is 4.70. The molecule has 26 heavy (non-hydrogen) atoms. The van der Waals surface area contributed by atoms with E-state index in [0.717, 1.165) is 25.3 Å². The van der Waals surface area contributed by atoms with Crippen molar-refractivity contribution >= 4 is 17.1 Å². The van der Waals surface area contributed by atoms with Crippen LogP contribution < -0.4 is 5.32 Å². The van der Waals surface area contributed by atoms with Gasteiger partial charge in [0.2, 0.25) is 0 Å². The lowest BCUT2D eigenvalue weighted by Crippen LogP contribution is -2.42. The number of fused-ring (bicyclic) bond motifs is 1. The maximum Gasteiger partial charge on any atom is 0.253 e. The fourth-order valence-electron chi connectivity index (χ4n) is 3.42. The number of nitrogens with zero attached hydrogens (tertiary/aromatic N) is 4. The van der Waals surface area contributed by atoms with Gasteiger partial charge in [-0.1, -0.05) is 20.3 Å². The van der Waals surface area contributed by atoms with Crippen molar-refractivity contribution in [1.29, 1.82) is 0 Å². The summed E-state index contributed by atoms with van der Waals surface area (Å²) in [5.74, 6) is 0.272. The highest BCUT2D eigenvalue weighted by Gasteiger charge is 2.16. The van der Waals surface area contributed by atoms with Crippen molar-refractivity contribution in [3.63, 3.8) is 0 Å². The van der Waals surface area contributed by atoms with Crippen molar-refractivity contribution in [3.05, 3.63) is 24.2 Å². The van der Waals surface area contributed by atoms with Crippen LogP contribution in [0.15, 0.2) is 18.6 Å². The lowest BCUT2D eigenvalue weighted by atomic mass is 10.1. The number of carbonyl (C=O) groups is 1. The van der Waals surface area contributed by atoms with E-state index in [9.17, 15) is 9.90 Å². The summed E-state index contributed by atoms with van der Waals surface area (Å²) < 4.78 is 2.00. The number of rotatable bonds is 7. The quantitative estimate of drug-likeness (QED) is 0.786. The number of imidazole rings is 1. The van der Waals surface area contributed by atoms with E-state index in [-0.39, 0.29) is 12.5 Å². The molecule has 2 aromatic rings. The van der Waals surface area contributed by atoms with Crippen molar-refractivity contribution in [2.45, 2.75) is 45.8 Å². The van der Waals surface area contributed by atoms with Crippen LogP contribution in [-0.4, -0.2) is 62.7 Å². The molecule has 0 aliphatic carbocycles. The molecule has 2 N–H and O–H groups in total. The molecule has 1 saturated heterocycles. The summed E-state index contributed by atoms with van der Waals surface area (Å²) in [6.07, 6.45) is 6.43. The minimum absolute atomic E-state index is 0.226. The number of carbonyl (C=O) groups excluding carboxylic acids is 1. The van der Waals surface area contributed by atoms with Crippen molar-refractivity contribution in [2.75, 3.05) is 26.2 Å². The molecular formula is C19H29N5O2. The van der Waals surface area contributed by atoms with E-state index in [4.69, 9.17) is 0 Å². The summed E-state index contributed by atoms with van der Waals surface area (Å²) in [5, 5.41) is 13.0. The van der Waals surface area contributed by atoms with Crippen molar-refractivity contribution in [3.8, 4) is 0 Å². The zero-order chi connectivity index (χ0) is 18.5. The molecule has 1 aliphatic heterocycles. The number of aliphatic hydroxyl groups excluding tert-OH is 1. The Balaban J connectivity index is 1.55. The van der Waals surface area contributed by atoms with E-state index in [1.807, 2.05) is 4.57 Å².